The second kappa shape index (κ2) is 18.8. The fourth-order valence-corrected chi connectivity index (χ4v) is 3.10. The Balaban J connectivity index is 5.36. The van der Waals surface area contributed by atoms with Crippen molar-refractivity contribution in [1.29, 1.82) is 0 Å². The topological polar surface area (TPSA) is 330 Å². The van der Waals surface area contributed by atoms with E-state index >= 15 is 0 Å². The monoisotopic (exact) mass is 591 g/mol. The first kappa shape index (κ1) is 36.6. The predicted molar refractivity (Wildman–Crippen MR) is 137 cm³/mol. The van der Waals surface area contributed by atoms with Crippen LogP contribution >= 0.6 is 0 Å². The second-order valence-electron chi connectivity index (χ2n) is 8.81. The number of amides is 5. The maximum absolute atomic E-state index is 12.6. The van der Waals surface area contributed by atoms with Crippen molar-refractivity contribution in [2.24, 2.45) is 11.5 Å². The van der Waals surface area contributed by atoms with Gasteiger partial charge in [0.05, 0.1) is 32.0 Å². The van der Waals surface area contributed by atoms with E-state index in [0.29, 0.717) is 19.4 Å². The van der Waals surface area contributed by atoms with E-state index in [1.807, 2.05) is 10.6 Å². The summed E-state index contributed by atoms with van der Waals surface area (Å²) in [7, 11) is 0. The molecule has 0 aliphatic rings. The number of nitrogens with one attached hydrogen (secondary N) is 5. The molecular weight excluding hydrogens is 554 g/mol. The minimum atomic E-state index is -1.82. The fraction of sp³-hybridized carbons (Fsp3) is 0.636. The molecule has 0 saturated heterocycles. The number of unbranched alkanes of at least 4 members (excludes halogenated alkanes) is 1. The Morgan fingerprint density at radius 3 is 1.63 bits per heavy atom. The van der Waals surface area contributed by atoms with Crippen LogP contribution in [0.1, 0.15) is 39.0 Å². The predicted octanol–water partition coefficient (Wildman–Crippen LogP) is -5.46. The van der Waals surface area contributed by atoms with E-state index < -0.39 is 104 Å². The number of carboxylic acid groups (broad SMARTS) is 3. The Labute approximate surface area is 233 Å². The van der Waals surface area contributed by atoms with Crippen molar-refractivity contribution in [3.05, 3.63) is 0 Å². The molecule has 0 aliphatic carbocycles. The molecule has 0 bridgehead atoms. The highest BCUT2D eigenvalue weighted by atomic mass is 16.4. The SMILES string of the molecule is C[C@H](N)C(=O)N[C@@H](CC(=O)O)C(=O)N[C@@H](CO)C(=O)N[C@@H](CC(=O)O)C(=O)NCC(=O)N[C@@H](CCCCN)C(=O)O. The summed E-state index contributed by atoms with van der Waals surface area (Å²) in [5.74, 6) is -9.80. The molecule has 41 heavy (non-hydrogen) atoms. The maximum Gasteiger partial charge on any atom is 0.326 e. The maximum atomic E-state index is 12.6. The summed E-state index contributed by atoms with van der Waals surface area (Å²) < 4.78 is 0. The highest BCUT2D eigenvalue weighted by molar-refractivity contribution is 5.97. The zero-order chi connectivity index (χ0) is 31.7. The van der Waals surface area contributed by atoms with E-state index in [2.05, 4.69) is 16.0 Å². The number of carbonyl (C=O) groups excluding carboxylic acids is 5. The van der Waals surface area contributed by atoms with Crippen LogP contribution in [0.3, 0.4) is 0 Å². The largest absolute Gasteiger partial charge is 0.481 e. The minimum Gasteiger partial charge on any atom is -0.481 e. The van der Waals surface area contributed by atoms with Gasteiger partial charge in [-0.15, -0.1) is 0 Å². The summed E-state index contributed by atoms with van der Waals surface area (Å²) in [5.41, 5.74) is 10.7. The molecule has 232 valence electrons. The number of carbonyl (C=O) groups is 8. The van der Waals surface area contributed by atoms with Crippen molar-refractivity contribution in [2.75, 3.05) is 19.7 Å². The normalized spacial score (nSPS) is 14.2. The molecule has 5 amide bonds. The Morgan fingerprint density at radius 1 is 0.683 bits per heavy atom. The van der Waals surface area contributed by atoms with Crippen LogP contribution in [0.4, 0.5) is 0 Å². The molecule has 0 spiro atoms. The lowest BCUT2D eigenvalue weighted by atomic mass is 10.1. The number of aliphatic hydroxyl groups is 1. The molecule has 0 aromatic heterocycles. The van der Waals surface area contributed by atoms with Crippen LogP contribution in [0, 0.1) is 0 Å². The number of rotatable bonds is 20. The fourth-order valence-electron chi connectivity index (χ4n) is 3.10. The first-order valence-corrected chi connectivity index (χ1v) is 12.3. The molecule has 19 heteroatoms. The Kier molecular flexibility index (Phi) is 16.8. The van der Waals surface area contributed by atoms with Gasteiger partial charge in [-0.05, 0) is 32.7 Å². The molecule has 0 radical (unpaired) electrons. The van der Waals surface area contributed by atoms with Gasteiger partial charge in [-0.2, -0.15) is 0 Å². The molecule has 0 aliphatic heterocycles. The lowest BCUT2D eigenvalue weighted by molar-refractivity contribution is -0.143. The summed E-state index contributed by atoms with van der Waals surface area (Å²) in [6, 6.07) is -7.71. The van der Waals surface area contributed by atoms with Gasteiger partial charge in [0.25, 0.3) is 0 Å². The van der Waals surface area contributed by atoms with Crippen LogP contribution in [-0.4, -0.2) is 118 Å². The lowest BCUT2D eigenvalue weighted by Crippen LogP contribution is -2.59. The lowest BCUT2D eigenvalue weighted by Gasteiger charge is -2.23. The van der Waals surface area contributed by atoms with Crippen molar-refractivity contribution in [3.8, 4) is 0 Å². The van der Waals surface area contributed by atoms with Crippen molar-refractivity contribution in [1.82, 2.24) is 26.6 Å². The Hall–Kier alpha value is -4.36. The Morgan fingerprint density at radius 2 is 1.17 bits per heavy atom. The highest BCUT2D eigenvalue weighted by Crippen LogP contribution is 2.01. The van der Waals surface area contributed by atoms with Crippen molar-refractivity contribution in [2.45, 2.75) is 69.2 Å². The van der Waals surface area contributed by atoms with Crippen LogP contribution < -0.4 is 38.1 Å². The molecule has 0 aromatic rings. The smallest absolute Gasteiger partial charge is 0.326 e. The summed E-state index contributed by atoms with van der Waals surface area (Å²) in [5, 5.41) is 47.2. The molecule has 0 saturated carbocycles. The summed E-state index contributed by atoms with van der Waals surface area (Å²) in [6.07, 6.45) is -0.907. The number of aliphatic carboxylic acids is 3. The van der Waals surface area contributed by atoms with Crippen LogP contribution in [0.5, 0.6) is 0 Å². The van der Waals surface area contributed by atoms with Gasteiger partial charge in [-0.3, -0.25) is 33.6 Å². The van der Waals surface area contributed by atoms with Gasteiger partial charge in [0.2, 0.25) is 29.5 Å². The minimum absolute atomic E-state index is 0.0699. The van der Waals surface area contributed by atoms with Crippen LogP contribution in [0.2, 0.25) is 0 Å². The van der Waals surface area contributed by atoms with Gasteiger partial charge in [0.15, 0.2) is 0 Å². The molecule has 0 unspecified atom stereocenters. The molecular formula is C22H37N7O12. The average molecular weight is 592 g/mol. The second-order valence-corrected chi connectivity index (χ2v) is 8.81. The summed E-state index contributed by atoms with van der Waals surface area (Å²) in [6.45, 7) is -0.272. The van der Waals surface area contributed by atoms with Crippen LogP contribution in [0.15, 0.2) is 0 Å². The standard InChI is InChI=1S/C22H37N7O12/c1-10(24)18(36)27-13(7-17(34)35)20(38)29-14(9-30)21(39)28-12(6-16(32)33)19(37)25-8-15(31)26-11(22(40)41)4-2-3-5-23/h10-14,30H,2-9,23-24H2,1H3,(H,25,37)(H,26,31)(H,27,36)(H,28,39)(H,29,38)(H,32,33)(H,34,35)(H,40,41)/t10-,11-,12-,13-,14-/m0/s1. The quantitative estimate of drug-likeness (QED) is 0.0589. The molecule has 19 nitrogen and oxygen atoms in total. The van der Waals surface area contributed by atoms with Gasteiger partial charge in [0.1, 0.15) is 24.2 Å². The first-order valence-electron chi connectivity index (χ1n) is 12.3. The highest BCUT2D eigenvalue weighted by Gasteiger charge is 2.32. The average Bonchev–Trinajstić information content (AvgIpc) is 2.87. The van der Waals surface area contributed by atoms with E-state index in [-0.39, 0.29) is 6.42 Å². The molecule has 13 N–H and O–H groups in total. The molecule has 0 rings (SSSR count). The number of hydrogen-bond donors (Lipinski definition) is 11. The summed E-state index contributed by atoms with van der Waals surface area (Å²) in [4.78, 5) is 95.2. The number of hydrogen-bond acceptors (Lipinski definition) is 11. The third-order valence-corrected chi connectivity index (χ3v) is 5.26. The third-order valence-electron chi connectivity index (χ3n) is 5.26. The van der Waals surface area contributed by atoms with Gasteiger partial charge < -0.3 is 58.5 Å². The van der Waals surface area contributed by atoms with Crippen LogP contribution in [-0.2, 0) is 38.4 Å². The van der Waals surface area contributed by atoms with E-state index in [1.54, 1.807) is 0 Å². The van der Waals surface area contributed by atoms with Crippen LogP contribution in [0.25, 0.3) is 0 Å². The zero-order valence-corrected chi connectivity index (χ0v) is 22.3. The van der Waals surface area contributed by atoms with Crippen molar-refractivity contribution >= 4 is 47.4 Å². The van der Waals surface area contributed by atoms with Crippen molar-refractivity contribution in [3.63, 3.8) is 0 Å². The number of nitrogens with two attached hydrogens (primary N) is 2. The van der Waals surface area contributed by atoms with E-state index in [4.69, 9.17) is 21.7 Å². The van der Waals surface area contributed by atoms with Crippen molar-refractivity contribution < 1.29 is 58.8 Å². The Bertz CT molecular complexity index is 975. The molecule has 0 fully saturated rings. The van der Waals surface area contributed by atoms with Gasteiger partial charge in [-0.25, -0.2) is 4.79 Å². The summed E-state index contributed by atoms with van der Waals surface area (Å²) >= 11 is 0. The molecule has 5 atom stereocenters. The van der Waals surface area contributed by atoms with E-state index in [0.717, 1.165) is 0 Å². The van der Waals surface area contributed by atoms with E-state index in [9.17, 15) is 48.6 Å². The van der Waals surface area contributed by atoms with Gasteiger partial charge in [0, 0.05) is 0 Å². The van der Waals surface area contributed by atoms with E-state index in [1.165, 1.54) is 6.92 Å². The van der Waals surface area contributed by atoms with Gasteiger partial charge >= 0.3 is 17.9 Å². The molecule has 0 heterocycles. The first-order chi connectivity index (χ1) is 19.1. The third kappa shape index (κ3) is 15.1. The molecule has 0 aromatic carbocycles. The zero-order valence-electron chi connectivity index (χ0n) is 22.3. The van der Waals surface area contributed by atoms with Gasteiger partial charge in [-0.1, -0.05) is 0 Å². The number of carboxylic acids is 3. The number of aliphatic hydroxyl groups excluding tert-OH is 1.